The number of rotatable bonds is 2. The van der Waals surface area contributed by atoms with Gasteiger partial charge < -0.3 is 4.43 Å². The Balaban J connectivity index is 2.12. The van der Waals surface area contributed by atoms with Crippen molar-refractivity contribution in [1.29, 1.82) is 0 Å². The third-order valence-corrected chi connectivity index (χ3v) is 11.0. The monoisotopic (exact) mass is 286 g/mol. The molecule has 1 heterocycles. The van der Waals surface area contributed by atoms with Crippen LogP contribution in [0.15, 0.2) is 0 Å². The molecule has 1 aliphatic carbocycles. The summed E-state index contributed by atoms with van der Waals surface area (Å²) < 4.78 is 6.75. The minimum atomic E-state index is -1.71. The molecule has 0 amide bonds. The van der Waals surface area contributed by atoms with Gasteiger partial charge in [0.1, 0.15) is 0 Å². The highest BCUT2D eigenvalue weighted by Crippen LogP contribution is 2.53. The van der Waals surface area contributed by atoms with Gasteiger partial charge >= 0.3 is 0 Å². The van der Waals surface area contributed by atoms with E-state index in [4.69, 9.17) is 4.43 Å². The van der Waals surface area contributed by atoms with Crippen molar-refractivity contribution in [3.63, 3.8) is 0 Å². The lowest BCUT2D eigenvalue weighted by Crippen LogP contribution is -2.48. The summed E-state index contributed by atoms with van der Waals surface area (Å²) in [6, 6.07) is 0. The van der Waals surface area contributed by atoms with Gasteiger partial charge in [0.15, 0.2) is 13.4 Å². The highest BCUT2D eigenvalue weighted by atomic mass is 32.2. The molecule has 0 bridgehead atoms. The van der Waals surface area contributed by atoms with Crippen LogP contribution in [0, 0.1) is 0 Å². The Labute approximate surface area is 116 Å². The van der Waals surface area contributed by atoms with Crippen LogP contribution < -0.4 is 0 Å². The Morgan fingerprint density at radius 1 is 1.33 bits per heavy atom. The molecule has 104 valence electrons. The number of hydrogen-bond donors (Lipinski definition) is 0. The maximum Gasteiger partial charge on any atom is 0.192 e. The number of thioether (sulfide) groups is 1. The van der Waals surface area contributed by atoms with Gasteiger partial charge in [-0.25, -0.2) is 0 Å². The summed E-state index contributed by atoms with van der Waals surface area (Å²) in [6.45, 7) is 11.5. The molecule has 18 heavy (non-hydrogen) atoms. The van der Waals surface area contributed by atoms with E-state index in [1.807, 2.05) is 0 Å². The SMILES string of the molecule is CC(C)(C)[Si](C)(C)O[C@H]1CCC[C@]12CCC(=O)S2. The largest absolute Gasteiger partial charge is 0.413 e. The van der Waals surface area contributed by atoms with Gasteiger partial charge in [0.25, 0.3) is 0 Å². The van der Waals surface area contributed by atoms with Crippen molar-refractivity contribution in [2.24, 2.45) is 0 Å². The second kappa shape index (κ2) is 4.64. The second-order valence-corrected chi connectivity index (χ2v) is 13.5. The Morgan fingerprint density at radius 2 is 2.00 bits per heavy atom. The van der Waals surface area contributed by atoms with Crippen molar-refractivity contribution < 1.29 is 9.22 Å². The molecule has 0 unspecified atom stereocenters. The summed E-state index contributed by atoms with van der Waals surface area (Å²) in [7, 11) is -1.71. The Morgan fingerprint density at radius 3 is 2.50 bits per heavy atom. The van der Waals surface area contributed by atoms with Gasteiger partial charge in [0.05, 0.1) is 6.10 Å². The van der Waals surface area contributed by atoms with E-state index in [0.29, 0.717) is 11.2 Å². The first kappa shape index (κ1) is 14.6. The first-order valence-electron chi connectivity index (χ1n) is 7.06. The fourth-order valence-corrected chi connectivity index (χ4v) is 5.65. The van der Waals surface area contributed by atoms with Crippen molar-refractivity contribution in [1.82, 2.24) is 0 Å². The van der Waals surface area contributed by atoms with Crippen LogP contribution in [0.1, 0.15) is 52.9 Å². The van der Waals surface area contributed by atoms with E-state index in [1.54, 1.807) is 11.8 Å². The van der Waals surface area contributed by atoms with Crippen LogP contribution in [0.2, 0.25) is 18.1 Å². The highest BCUT2D eigenvalue weighted by molar-refractivity contribution is 8.15. The number of carbonyl (C=O) groups is 1. The molecule has 0 aromatic carbocycles. The molecular formula is C14H26O2SSi. The molecule has 4 heteroatoms. The first-order chi connectivity index (χ1) is 8.16. The van der Waals surface area contributed by atoms with Crippen molar-refractivity contribution >= 4 is 25.2 Å². The van der Waals surface area contributed by atoms with E-state index >= 15 is 0 Å². The average Bonchev–Trinajstić information content (AvgIpc) is 2.74. The zero-order chi connectivity index (χ0) is 13.6. The summed E-state index contributed by atoms with van der Waals surface area (Å²) >= 11 is 1.59. The molecular weight excluding hydrogens is 260 g/mol. The van der Waals surface area contributed by atoms with Gasteiger partial charge in [0.2, 0.25) is 0 Å². The molecule has 2 aliphatic rings. The van der Waals surface area contributed by atoms with Gasteiger partial charge in [0, 0.05) is 11.2 Å². The van der Waals surface area contributed by atoms with Crippen molar-refractivity contribution in [2.75, 3.05) is 0 Å². The topological polar surface area (TPSA) is 26.3 Å². The lowest BCUT2D eigenvalue weighted by Gasteiger charge is -2.42. The van der Waals surface area contributed by atoms with Crippen LogP contribution >= 0.6 is 11.8 Å². The van der Waals surface area contributed by atoms with Crippen molar-refractivity contribution in [3.8, 4) is 0 Å². The van der Waals surface area contributed by atoms with Crippen LogP contribution in [-0.4, -0.2) is 24.3 Å². The van der Waals surface area contributed by atoms with Crippen LogP contribution in [0.25, 0.3) is 0 Å². The Bertz CT molecular complexity index is 348. The molecule has 0 aromatic rings. The maximum atomic E-state index is 11.6. The molecule has 0 N–H and O–H groups in total. The van der Waals surface area contributed by atoms with E-state index in [2.05, 4.69) is 33.9 Å². The molecule has 2 nitrogen and oxygen atoms in total. The molecule has 0 radical (unpaired) electrons. The molecule has 0 aromatic heterocycles. The van der Waals surface area contributed by atoms with Gasteiger partial charge in [-0.2, -0.15) is 0 Å². The minimum absolute atomic E-state index is 0.132. The van der Waals surface area contributed by atoms with E-state index in [0.717, 1.165) is 19.3 Å². The van der Waals surface area contributed by atoms with Gasteiger partial charge in [-0.05, 0) is 43.8 Å². The fourth-order valence-electron chi connectivity index (χ4n) is 2.75. The normalized spacial score (nSPS) is 33.6. The minimum Gasteiger partial charge on any atom is -0.413 e. The van der Waals surface area contributed by atoms with Crippen LogP contribution in [-0.2, 0) is 9.22 Å². The molecule has 2 atom stereocenters. The molecule has 2 fully saturated rings. The number of carbonyl (C=O) groups excluding carboxylic acids is 1. The predicted molar refractivity (Wildman–Crippen MR) is 80.5 cm³/mol. The third kappa shape index (κ3) is 2.56. The summed E-state index contributed by atoms with van der Waals surface area (Å²) in [6.07, 6.45) is 5.64. The van der Waals surface area contributed by atoms with E-state index in [9.17, 15) is 4.79 Å². The third-order valence-electron chi connectivity index (χ3n) is 4.97. The van der Waals surface area contributed by atoms with Crippen molar-refractivity contribution in [2.45, 2.75) is 81.9 Å². The summed E-state index contributed by atoms with van der Waals surface area (Å²) in [5, 5.41) is 0.630. The summed E-state index contributed by atoms with van der Waals surface area (Å²) in [5.74, 6) is 0. The maximum absolute atomic E-state index is 11.6. The molecule has 1 aliphatic heterocycles. The Hall–Kier alpha value is 0.197. The smallest absolute Gasteiger partial charge is 0.192 e. The highest BCUT2D eigenvalue weighted by Gasteiger charge is 2.52. The molecule has 1 saturated carbocycles. The second-order valence-electron chi connectivity index (χ2n) is 7.30. The lowest BCUT2D eigenvalue weighted by atomic mass is 9.99. The average molecular weight is 287 g/mol. The van der Waals surface area contributed by atoms with Gasteiger partial charge in [-0.3, -0.25) is 4.79 Å². The fraction of sp³-hybridized carbons (Fsp3) is 0.929. The zero-order valence-corrected chi connectivity index (χ0v) is 14.2. The number of hydrogen-bond acceptors (Lipinski definition) is 3. The van der Waals surface area contributed by atoms with Crippen LogP contribution in [0.3, 0.4) is 0 Å². The summed E-state index contributed by atoms with van der Waals surface area (Å²) in [4.78, 5) is 11.6. The first-order valence-corrected chi connectivity index (χ1v) is 10.8. The Kier molecular flexibility index (Phi) is 3.76. The van der Waals surface area contributed by atoms with Crippen LogP contribution in [0.5, 0.6) is 0 Å². The van der Waals surface area contributed by atoms with Crippen LogP contribution in [0.4, 0.5) is 0 Å². The van der Waals surface area contributed by atoms with E-state index in [1.165, 1.54) is 12.8 Å². The van der Waals surface area contributed by atoms with E-state index in [-0.39, 0.29) is 9.79 Å². The zero-order valence-electron chi connectivity index (χ0n) is 12.3. The molecule has 2 rings (SSSR count). The van der Waals surface area contributed by atoms with E-state index < -0.39 is 8.32 Å². The predicted octanol–water partition coefficient (Wildman–Crippen LogP) is 4.35. The molecule has 1 saturated heterocycles. The quantitative estimate of drug-likeness (QED) is 0.706. The van der Waals surface area contributed by atoms with Crippen molar-refractivity contribution in [3.05, 3.63) is 0 Å². The van der Waals surface area contributed by atoms with Gasteiger partial charge in [-0.15, -0.1) is 0 Å². The van der Waals surface area contributed by atoms with Gasteiger partial charge in [-0.1, -0.05) is 32.5 Å². The summed E-state index contributed by atoms with van der Waals surface area (Å²) in [5.41, 5.74) is 0. The lowest BCUT2D eigenvalue weighted by molar-refractivity contribution is -0.110. The standard InChI is InChI=1S/C14H26O2SSi/c1-13(2,3)18(4,5)16-11-7-6-9-14(11)10-8-12(15)17-14/h11H,6-10H2,1-5H3/t11-,14-/m0/s1. The molecule has 1 spiro atoms.